The van der Waals surface area contributed by atoms with E-state index in [2.05, 4.69) is 6.58 Å². The molecule has 0 aromatic heterocycles. The first-order valence-corrected chi connectivity index (χ1v) is 7.96. The lowest BCUT2D eigenvalue weighted by Gasteiger charge is -2.16. The van der Waals surface area contributed by atoms with Gasteiger partial charge in [0, 0.05) is 0 Å². The van der Waals surface area contributed by atoms with Crippen molar-refractivity contribution in [2.45, 2.75) is 20.3 Å². The Kier molecular flexibility index (Phi) is 6.34. The van der Waals surface area contributed by atoms with Crippen molar-refractivity contribution < 1.29 is 13.6 Å². The monoisotopic (exact) mass is 268 g/mol. The lowest BCUT2D eigenvalue weighted by atomic mass is 10.1. The summed E-state index contributed by atoms with van der Waals surface area (Å²) in [4.78, 5) is 0. The molecule has 0 amide bonds. The lowest BCUT2D eigenvalue weighted by molar-refractivity contribution is 0.220. The number of hydrogen-bond donors (Lipinski definition) is 0. The molecule has 1 aromatic carbocycles. The molecule has 1 rings (SSSR count). The molecule has 1 aromatic rings. The zero-order valence-corrected chi connectivity index (χ0v) is 12.0. The van der Waals surface area contributed by atoms with E-state index in [0.717, 1.165) is 11.1 Å². The topological polar surface area (TPSA) is 35.5 Å². The number of aryl methyl sites for hydroxylation is 1. The summed E-state index contributed by atoms with van der Waals surface area (Å²) in [6.07, 6.45) is 2.91. The van der Waals surface area contributed by atoms with Crippen LogP contribution in [0.2, 0.25) is 0 Å². The van der Waals surface area contributed by atoms with Crippen molar-refractivity contribution in [1.82, 2.24) is 0 Å². The number of hydrogen-bond acceptors (Lipinski definition) is 3. The van der Waals surface area contributed by atoms with Gasteiger partial charge in [-0.3, -0.25) is 4.57 Å². The van der Waals surface area contributed by atoms with E-state index >= 15 is 0 Å². The quantitative estimate of drug-likeness (QED) is 0.665. The van der Waals surface area contributed by atoms with E-state index in [4.69, 9.17) is 9.05 Å². The van der Waals surface area contributed by atoms with Gasteiger partial charge in [0.15, 0.2) is 0 Å². The summed E-state index contributed by atoms with van der Waals surface area (Å²) in [6, 6.07) is 8.02. The molecule has 0 radical (unpaired) electrons. The van der Waals surface area contributed by atoms with Crippen molar-refractivity contribution in [1.29, 1.82) is 0 Å². The van der Waals surface area contributed by atoms with Crippen LogP contribution in [0.1, 0.15) is 25.0 Å². The van der Waals surface area contributed by atoms with Crippen molar-refractivity contribution in [3.8, 4) is 0 Å². The molecule has 0 unspecified atom stereocenters. The van der Waals surface area contributed by atoms with E-state index in [9.17, 15) is 4.57 Å². The third kappa shape index (κ3) is 4.77. The third-order valence-corrected chi connectivity index (χ3v) is 4.62. The number of benzene rings is 1. The molecule has 3 nitrogen and oxygen atoms in total. The van der Waals surface area contributed by atoms with Crippen LogP contribution < -0.4 is 0 Å². The van der Waals surface area contributed by atoms with Crippen LogP contribution in [0.3, 0.4) is 0 Å². The fourth-order valence-corrected chi connectivity index (χ4v) is 3.30. The molecular formula is C14H21O3P. The van der Waals surface area contributed by atoms with Gasteiger partial charge in [0.2, 0.25) is 0 Å². The van der Waals surface area contributed by atoms with E-state index in [-0.39, 0.29) is 0 Å². The molecule has 4 heteroatoms. The van der Waals surface area contributed by atoms with Crippen LogP contribution in [0.25, 0.3) is 6.08 Å². The Hall–Kier alpha value is -0.890. The standard InChI is InChI=1S/C14H21O3P/c1-4-13-7-9-14(10-8-13)11-12-18(15,16-5-2)17-6-3/h4,7-10H,1,5-6,11-12H2,2-3H3. The summed E-state index contributed by atoms with van der Waals surface area (Å²) in [5.41, 5.74) is 2.21. The summed E-state index contributed by atoms with van der Waals surface area (Å²) >= 11 is 0. The van der Waals surface area contributed by atoms with Gasteiger partial charge in [-0.1, -0.05) is 36.9 Å². The second kappa shape index (κ2) is 7.52. The van der Waals surface area contributed by atoms with Gasteiger partial charge in [0.25, 0.3) is 0 Å². The zero-order valence-electron chi connectivity index (χ0n) is 11.1. The zero-order chi connectivity index (χ0) is 13.4. The normalized spacial score (nSPS) is 11.4. The minimum absolute atomic E-state index is 0.409. The predicted octanol–water partition coefficient (Wildman–Crippen LogP) is 4.14. The molecule has 0 aliphatic carbocycles. The van der Waals surface area contributed by atoms with Gasteiger partial charge in [0.05, 0.1) is 19.4 Å². The average molecular weight is 268 g/mol. The maximum Gasteiger partial charge on any atom is 0.330 e. The minimum atomic E-state index is -2.92. The molecule has 0 spiro atoms. The maximum atomic E-state index is 12.2. The molecule has 18 heavy (non-hydrogen) atoms. The van der Waals surface area contributed by atoms with Gasteiger partial charge in [-0.05, 0) is 31.4 Å². The Morgan fingerprint density at radius 3 is 2.17 bits per heavy atom. The Balaban J connectivity index is 2.60. The van der Waals surface area contributed by atoms with E-state index in [1.165, 1.54) is 0 Å². The summed E-state index contributed by atoms with van der Waals surface area (Å²) in [5, 5.41) is 0. The van der Waals surface area contributed by atoms with Crippen molar-refractivity contribution in [2.75, 3.05) is 19.4 Å². The second-order valence-corrected chi connectivity index (χ2v) is 6.05. The highest BCUT2D eigenvalue weighted by Gasteiger charge is 2.22. The van der Waals surface area contributed by atoms with E-state index in [0.29, 0.717) is 25.8 Å². The molecule has 0 N–H and O–H groups in total. The Bertz CT molecular complexity index is 402. The maximum absolute atomic E-state index is 12.2. The first kappa shape index (κ1) is 15.2. The molecule has 0 fully saturated rings. The molecule has 0 aliphatic heterocycles. The van der Waals surface area contributed by atoms with E-state index in [1.54, 1.807) is 6.08 Å². The fraction of sp³-hybridized carbons (Fsp3) is 0.429. The van der Waals surface area contributed by atoms with Crippen molar-refractivity contribution in [2.24, 2.45) is 0 Å². The van der Waals surface area contributed by atoms with Gasteiger partial charge < -0.3 is 9.05 Å². The molecule has 0 saturated heterocycles. The molecular weight excluding hydrogens is 247 g/mol. The SMILES string of the molecule is C=Cc1ccc(CCP(=O)(OCC)OCC)cc1. The molecule has 0 heterocycles. The third-order valence-electron chi connectivity index (χ3n) is 2.54. The fourth-order valence-electron chi connectivity index (χ4n) is 1.65. The molecule has 0 bridgehead atoms. The summed E-state index contributed by atoms with van der Waals surface area (Å²) < 4.78 is 22.8. The summed E-state index contributed by atoms with van der Waals surface area (Å²) in [6.45, 7) is 8.18. The molecule has 0 atom stereocenters. The van der Waals surface area contributed by atoms with Gasteiger partial charge in [-0.15, -0.1) is 0 Å². The van der Waals surface area contributed by atoms with Crippen molar-refractivity contribution in [3.63, 3.8) is 0 Å². The average Bonchev–Trinajstić information content (AvgIpc) is 2.38. The Labute approximate surface area is 109 Å². The highest BCUT2D eigenvalue weighted by Crippen LogP contribution is 2.48. The van der Waals surface area contributed by atoms with Crippen molar-refractivity contribution in [3.05, 3.63) is 42.0 Å². The molecule has 100 valence electrons. The lowest BCUT2D eigenvalue weighted by Crippen LogP contribution is -2.02. The van der Waals surface area contributed by atoms with Crippen LogP contribution >= 0.6 is 7.60 Å². The van der Waals surface area contributed by atoms with Crippen LogP contribution in [-0.2, 0) is 20.0 Å². The first-order valence-electron chi connectivity index (χ1n) is 6.23. The minimum Gasteiger partial charge on any atom is -0.309 e. The highest BCUT2D eigenvalue weighted by molar-refractivity contribution is 7.53. The van der Waals surface area contributed by atoms with Gasteiger partial charge in [-0.2, -0.15) is 0 Å². The van der Waals surface area contributed by atoms with Crippen LogP contribution in [0.4, 0.5) is 0 Å². The summed E-state index contributed by atoms with van der Waals surface area (Å²) in [7, 11) is -2.92. The summed E-state index contributed by atoms with van der Waals surface area (Å²) in [5.74, 6) is 0. The predicted molar refractivity (Wildman–Crippen MR) is 76.0 cm³/mol. The first-order chi connectivity index (χ1) is 8.63. The number of rotatable bonds is 8. The highest BCUT2D eigenvalue weighted by atomic mass is 31.2. The smallest absolute Gasteiger partial charge is 0.309 e. The van der Waals surface area contributed by atoms with Gasteiger partial charge in [0.1, 0.15) is 0 Å². The van der Waals surface area contributed by atoms with Crippen LogP contribution in [0, 0.1) is 0 Å². The van der Waals surface area contributed by atoms with Crippen LogP contribution in [0.15, 0.2) is 30.8 Å². The Morgan fingerprint density at radius 2 is 1.72 bits per heavy atom. The van der Waals surface area contributed by atoms with Crippen LogP contribution in [-0.4, -0.2) is 19.4 Å². The van der Waals surface area contributed by atoms with E-state index in [1.807, 2.05) is 38.1 Å². The Morgan fingerprint density at radius 1 is 1.17 bits per heavy atom. The molecule has 0 saturated carbocycles. The van der Waals surface area contributed by atoms with Crippen LogP contribution in [0.5, 0.6) is 0 Å². The van der Waals surface area contributed by atoms with E-state index < -0.39 is 7.60 Å². The molecule has 0 aliphatic rings. The largest absolute Gasteiger partial charge is 0.330 e. The second-order valence-electron chi connectivity index (χ2n) is 3.87. The van der Waals surface area contributed by atoms with Gasteiger partial charge in [-0.25, -0.2) is 0 Å². The van der Waals surface area contributed by atoms with Crippen molar-refractivity contribution >= 4 is 13.7 Å². The van der Waals surface area contributed by atoms with Gasteiger partial charge >= 0.3 is 7.60 Å².